The lowest BCUT2D eigenvalue weighted by molar-refractivity contribution is 0.537. The summed E-state index contributed by atoms with van der Waals surface area (Å²) in [6.07, 6.45) is 2.71. The summed E-state index contributed by atoms with van der Waals surface area (Å²) >= 11 is 7.59. The second-order valence-corrected chi connectivity index (χ2v) is 5.85. The van der Waals surface area contributed by atoms with Gasteiger partial charge in [0.15, 0.2) is 0 Å². The van der Waals surface area contributed by atoms with Gasteiger partial charge in [0.2, 0.25) is 0 Å². The lowest BCUT2D eigenvalue weighted by Gasteiger charge is -2.16. The van der Waals surface area contributed by atoms with Gasteiger partial charge < -0.3 is 5.32 Å². The van der Waals surface area contributed by atoms with Crippen molar-refractivity contribution in [3.8, 4) is 0 Å². The van der Waals surface area contributed by atoms with Gasteiger partial charge in [0.25, 0.3) is 0 Å². The second-order valence-electron chi connectivity index (χ2n) is 4.05. The van der Waals surface area contributed by atoms with Crippen LogP contribution in [0.1, 0.15) is 29.4 Å². The fourth-order valence-electron chi connectivity index (χ4n) is 1.86. The highest BCUT2D eigenvalue weighted by molar-refractivity contribution is 7.16. The van der Waals surface area contributed by atoms with E-state index in [1.807, 2.05) is 25.3 Å². The van der Waals surface area contributed by atoms with Gasteiger partial charge in [-0.15, -0.1) is 11.3 Å². The summed E-state index contributed by atoms with van der Waals surface area (Å²) in [4.78, 5) is 9.90. The van der Waals surface area contributed by atoms with Gasteiger partial charge >= 0.3 is 0 Å². The van der Waals surface area contributed by atoms with Crippen molar-refractivity contribution in [1.82, 2.24) is 15.3 Å². The Balaban J connectivity index is 2.17. The van der Waals surface area contributed by atoms with Gasteiger partial charge in [-0.2, -0.15) is 0 Å². The Morgan fingerprint density at radius 3 is 2.83 bits per heavy atom. The van der Waals surface area contributed by atoms with Crippen LogP contribution in [0.3, 0.4) is 0 Å². The summed E-state index contributed by atoms with van der Waals surface area (Å²) in [7, 11) is 0. The molecule has 2 aromatic rings. The fourth-order valence-corrected chi connectivity index (χ4v) is 2.99. The molecule has 18 heavy (non-hydrogen) atoms. The molecule has 2 aromatic heterocycles. The molecule has 1 unspecified atom stereocenters. The first-order chi connectivity index (χ1) is 8.69. The number of nitrogens with one attached hydrogen (secondary N) is 1. The average Bonchev–Trinajstić information content (AvgIpc) is 2.74. The van der Waals surface area contributed by atoms with E-state index < -0.39 is 0 Å². The summed E-state index contributed by atoms with van der Waals surface area (Å²) in [6.45, 7) is 4.92. The molecule has 3 nitrogen and oxygen atoms in total. The molecule has 0 bridgehead atoms. The number of hydrogen-bond acceptors (Lipinski definition) is 4. The number of aryl methyl sites for hydroxylation is 1. The van der Waals surface area contributed by atoms with E-state index in [-0.39, 0.29) is 6.04 Å². The highest BCUT2D eigenvalue weighted by Gasteiger charge is 2.14. The van der Waals surface area contributed by atoms with Gasteiger partial charge in [-0.25, -0.2) is 9.97 Å². The van der Waals surface area contributed by atoms with Crippen molar-refractivity contribution < 1.29 is 0 Å². The standard InChI is InChI=1S/C13H16ClN3S/c1-3-15-12(8-10-4-5-13(14)18-10)11-6-7-16-9(2)17-11/h4-7,12,15H,3,8H2,1-2H3. The zero-order valence-electron chi connectivity index (χ0n) is 10.5. The fraction of sp³-hybridized carbons (Fsp3) is 0.385. The molecule has 1 N–H and O–H groups in total. The minimum absolute atomic E-state index is 0.214. The zero-order chi connectivity index (χ0) is 13.0. The molecule has 0 amide bonds. The average molecular weight is 282 g/mol. The van der Waals surface area contributed by atoms with Crippen molar-refractivity contribution in [2.75, 3.05) is 6.54 Å². The number of aromatic nitrogens is 2. The molecule has 0 aromatic carbocycles. The Kier molecular flexibility index (Phi) is 4.69. The van der Waals surface area contributed by atoms with Crippen LogP contribution in [0.15, 0.2) is 24.4 Å². The van der Waals surface area contributed by atoms with Crippen molar-refractivity contribution in [3.63, 3.8) is 0 Å². The van der Waals surface area contributed by atoms with Crippen LogP contribution in [0.25, 0.3) is 0 Å². The Morgan fingerprint density at radius 2 is 2.22 bits per heavy atom. The van der Waals surface area contributed by atoms with Crippen LogP contribution in [0, 0.1) is 6.92 Å². The first-order valence-corrected chi connectivity index (χ1v) is 7.15. The molecule has 1 atom stereocenters. The Hall–Kier alpha value is -0.970. The number of hydrogen-bond donors (Lipinski definition) is 1. The van der Waals surface area contributed by atoms with E-state index in [1.54, 1.807) is 11.3 Å². The van der Waals surface area contributed by atoms with Gasteiger partial charge in [0, 0.05) is 17.5 Å². The molecule has 0 aliphatic carbocycles. The first-order valence-electron chi connectivity index (χ1n) is 5.96. The van der Waals surface area contributed by atoms with Crippen LogP contribution < -0.4 is 5.32 Å². The van der Waals surface area contributed by atoms with Crippen LogP contribution >= 0.6 is 22.9 Å². The minimum atomic E-state index is 0.214. The van der Waals surface area contributed by atoms with E-state index in [0.29, 0.717) is 0 Å². The summed E-state index contributed by atoms with van der Waals surface area (Å²) in [5.74, 6) is 0.805. The topological polar surface area (TPSA) is 37.8 Å². The maximum atomic E-state index is 5.96. The second kappa shape index (κ2) is 6.27. The predicted molar refractivity (Wildman–Crippen MR) is 76.2 cm³/mol. The van der Waals surface area contributed by atoms with E-state index in [0.717, 1.165) is 28.8 Å². The molecular weight excluding hydrogens is 266 g/mol. The summed E-state index contributed by atoms with van der Waals surface area (Å²) in [5, 5.41) is 3.46. The molecular formula is C13H16ClN3S. The van der Waals surface area contributed by atoms with E-state index in [9.17, 15) is 0 Å². The highest BCUT2D eigenvalue weighted by atomic mass is 35.5. The van der Waals surface area contributed by atoms with E-state index in [2.05, 4.69) is 28.3 Å². The maximum absolute atomic E-state index is 5.96. The molecule has 0 radical (unpaired) electrons. The molecule has 0 aliphatic heterocycles. The number of halogens is 1. The van der Waals surface area contributed by atoms with Crippen LogP contribution in [0.4, 0.5) is 0 Å². The third-order valence-corrected chi connectivity index (χ3v) is 3.89. The van der Waals surface area contributed by atoms with Crippen LogP contribution in [0.2, 0.25) is 4.34 Å². The summed E-state index contributed by atoms with van der Waals surface area (Å²) < 4.78 is 0.833. The Bertz CT molecular complexity index is 512. The van der Waals surface area contributed by atoms with Crippen molar-refractivity contribution >= 4 is 22.9 Å². The molecule has 0 fully saturated rings. The Morgan fingerprint density at radius 1 is 1.39 bits per heavy atom. The van der Waals surface area contributed by atoms with Gasteiger partial charge in [-0.3, -0.25) is 0 Å². The van der Waals surface area contributed by atoms with Crippen molar-refractivity contribution in [2.45, 2.75) is 26.3 Å². The lowest BCUT2D eigenvalue weighted by atomic mass is 10.1. The summed E-state index contributed by atoms with van der Waals surface area (Å²) in [5.41, 5.74) is 1.04. The predicted octanol–water partition coefficient (Wildman–Crippen LogP) is 3.39. The maximum Gasteiger partial charge on any atom is 0.125 e. The Labute approximate surface area is 116 Å². The number of likely N-dealkylation sites (N-methyl/N-ethyl adjacent to an activating group) is 1. The van der Waals surface area contributed by atoms with Crippen LogP contribution in [-0.4, -0.2) is 16.5 Å². The van der Waals surface area contributed by atoms with Gasteiger partial charge in [0.1, 0.15) is 5.82 Å². The van der Waals surface area contributed by atoms with Crippen molar-refractivity contribution in [1.29, 1.82) is 0 Å². The van der Waals surface area contributed by atoms with E-state index >= 15 is 0 Å². The molecule has 5 heteroatoms. The smallest absolute Gasteiger partial charge is 0.125 e. The monoisotopic (exact) mass is 281 g/mol. The van der Waals surface area contributed by atoms with E-state index in [4.69, 9.17) is 11.6 Å². The lowest BCUT2D eigenvalue weighted by Crippen LogP contribution is -2.24. The third-order valence-electron chi connectivity index (χ3n) is 2.64. The normalized spacial score (nSPS) is 12.6. The SMILES string of the molecule is CCNC(Cc1ccc(Cl)s1)c1ccnc(C)n1. The van der Waals surface area contributed by atoms with Gasteiger partial charge in [0.05, 0.1) is 16.1 Å². The van der Waals surface area contributed by atoms with Crippen LogP contribution in [0.5, 0.6) is 0 Å². The number of nitrogens with zero attached hydrogens (tertiary/aromatic N) is 2. The van der Waals surface area contributed by atoms with Crippen molar-refractivity contribution in [3.05, 3.63) is 45.1 Å². The quantitative estimate of drug-likeness (QED) is 0.913. The molecule has 0 aliphatic rings. The highest BCUT2D eigenvalue weighted by Crippen LogP contribution is 2.26. The van der Waals surface area contributed by atoms with Gasteiger partial charge in [-0.05, 0) is 31.7 Å². The van der Waals surface area contributed by atoms with E-state index in [1.165, 1.54) is 4.88 Å². The molecule has 2 heterocycles. The molecule has 0 spiro atoms. The largest absolute Gasteiger partial charge is 0.309 e. The first kappa shape index (κ1) is 13.5. The number of rotatable bonds is 5. The van der Waals surface area contributed by atoms with Crippen molar-refractivity contribution in [2.24, 2.45) is 0 Å². The van der Waals surface area contributed by atoms with Crippen LogP contribution in [-0.2, 0) is 6.42 Å². The zero-order valence-corrected chi connectivity index (χ0v) is 12.1. The van der Waals surface area contributed by atoms with Gasteiger partial charge in [-0.1, -0.05) is 18.5 Å². The molecule has 0 saturated heterocycles. The number of thiophene rings is 1. The minimum Gasteiger partial charge on any atom is -0.309 e. The molecule has 2 rings (SSSR count). The molecule has 96 valence electrons. The third kappa shape index (κ3) is 3.51. The summed E-state index contributed by atoms with van der Waals surface area (Å²) in [6, 6.07) is 6.20. The molecule has 0 saturated carbocycles.